The zero-order valence-electron chi connectivity index (χ0n) is 13.3. The minimum absolute atomic E-state index is 0.158. The van der Waals surface area contributed by atoms with Gasteiger partial charge in [0.25, 0.3) is 5.91 Å². The van der Waals surface area contributed by atoms with Gasteiger partial charge in [-0.05, 0) is 43.5 Å². The highest BCUT2D eigenvalue weighted by atomic mass is 32.1. The maximum Gasteiger partial charge on any atom is 0.331 e. The molecule has 1 atom stereocenters. The van der Waals surface area contributed by atoms with E-state index in [0.717, 1.165) is 4.88 Å². The Labute approximate surface area is 144 Å². The Morgan fingerprint density at radius 2 is 1.92 bits per heavy atom. The minimum atomic E-state index is -0.981. The molecule has 0 saturated heterocycles. The molecule has 1 N–H and O–H groups in total. The van der Waals surface area contributed by atoms with E-state index in [1.165, 1.54) is 31.3 Å². The quantitative estimate of drug-likeness (QED) is 0.495. The van der Waals surface area contributed by atoms with Crippen molar-refractivity contribution in [3.8, 4) is 0 Å². The summed E-state index contributed by atoms with van der Waals surface area (Å²) in [6.45, 7) is 2.90. The van der Waals surface area contributed by atoms with Gasteiger partial charge >= 0.3 is 5.97 Å². The fraction of sp³-hybridized carbons (Fsp3) is 0.167. The Balaban J connectivity index is 1.95. The van der Waals surface area contributed by atoms with Crippen LogP contribution in [-0.4, -0.2) is 23.8 Å². The molecule has 0 fully saturated rings. The molecule has 2 aromatic rings. The number of esters is 1. The molecule has 0 aliphatic carbocycles. The number of amides is 1. The molecule has 0 aliphatic heterocycles. The van der Waals surface area contributed by atoms with Crippen LogP contribution in [0.3, 0.4) is 0 Å². The van der Waals surface area contributed by atoms with Gasteiger partial charge in [0.05, 0.1) is 5.69 Å². The number of benzene rings is 1. The topological polar surface area (TPSA) is 72.5 Å². The standard InChI is InChI=1S/C18H17NO4S/c1-12(20)15-7-3-4-8-16(15)19-18(22)13(2)23-17(21)10-9-14-6-5-11-24-14/h3-11,13H,1-2H3,(H,19,22)/b10-9+/t13-/m1/s1. The van der Waals surface area contributed by atoms with E-state index in [4.69, 9.17) is 4.74 Å². The Bertz CT molecular complexity index is 765. The van der Waals surface area contributed by atoms with Crippen molar-refractivity contribution in [3.05, 3.63) is 58.3 Å². The molecular formula is C18H17NO4S. The second kappa shape index (κ2) is 8.21. The average molecular weight is 343 g/mol. The summed E-state index contributed by atoms with van der Waals surface area (Å²) in [4.78, 5) is 36.3. The van der Waals surface area contributed by atoms with Gasteiger partial charge in [-0.3, -0.25) is 9.59 Å². The molecule has 5 nitrogen and oxygen atoms in total. The zero-order chi connectivity index (χ0) is 17.5. The number of hydrogen-bond acceptors (Lipinski definition) is 5. The molecule has 24 heavy (non-hydrogen) atoms. The van der Waals surface area contributed by atoms with Crippen molar-refractivity contribution >= 4 is 40.8 Å². The van der Waals surface area contributed by atoms with E-state index in [0.29, 0.717) is 11.3 Å². The van der Waals surface area contributed by atoms with Crippen LogP contribution in [0.5, 0.6) is 0 Å². The predicted molar refractivity (Wildman–Crippen MR) is 94.0 cm³/mol. The van der Waals surface area contributed by atoms with Gasteiger partial charge in [-0.1, -0.05) is 18.2 Å². The maximum atomic E-state index is 12.1. The molecule has 1 heterocycles. The van der Waals surface area contributed by atoms with Crippen LogP contribution >= 0.6 is 11.3 Å². The first-order valence-electron chi connectivity index (χ1n) is 7.30. The van der Waals surface area contributed by atoms with E-state index in [2.05, 4.69) is 5.32 Å². The van der Waals surface area contributed by atoms with Crippen LogP contribution in [0.1, 0.15) is 29.1 Å². The molecule has 124 valence electrons. The van der Waals surface area contributed by atoms with Crippen molar-refractivity contribution < 1.29 is 19.1 Å². The molecule has 6 heteroatoms. The summed E-state index contributed by atoms with van der Waals surface area (Å²) < 4.78 is 5.06. The Kier molecular flexibility index (Phi) is 6.03. The summed E-state index contributed by atoms with van der Waals surface area (Å²) in [5.41, 5.74) is 0.800. The number of nitrogens with one attached hydrogen (secondary N) is 1. The second-order valence-electron chi connectivity index (χ2n) is 5.02. The van der Waals surface area contributed by atoms with E-state index >= 15 is 0 Å². The van der Waals surface area contributed by atoms with E-state index in [-0.39, 0.29) is 5.78 Å². The Morgan fingerprint density at radius 3 is 2.58 bits per heavy atom. The van der Waals surface area contributed by atoms with E-state index in [9.17, 15) is 14.4 Å². The SMILES string of the molecule is CC(=O)c1ccccc1NC(=O)[C@@H](C)OC(=O)/C=C/c1cccs1. The monoisotopic (exact) mass is 343 g/mol. The van der Waals surface area contributed by atoms with Crippen LogP contribution in [0.4, 0.5) is 5.69 Å². The van der Waals surface area contributed by atoms with Gasteiger partial charge in [0.15, 0.2) is 11.9 Å². The van der Waals surface area contributed by atoms with Crippen LogP contribution in [0, 0.1) is 0 Å². The lowest BCUT2D eigenvalue weighted by molar-refractivity contribution is -0.148. The number of anilines is 1. The van der Waals surface area contributed by atoms with Crippen LogP contribution in [0.15, 0.2) is 47.9 Å². The van der Waals surface area contributed by atoms with Crippen molar-refractivity contribution in [2.24, 2.45) is 0 Å². The maximum absolute atomic E-state index is 12.1. The van der Waals surface area contributed by atoms with E-state index < -0.39 is 18.0 Å². The minimum Gasteiger partial charge on any atom is -0.449 e. The highest BCUT2D eigenvalue weighted by molar-refractivity contribution is 7.10. The molecule has 1 aromatic heterocycles. The van der Waals surface area contributed by atoms with Crippen molar-refractivity contribution in [1.29, 1.82) is 0 Å². The third kappa shape index (κ3) is 4.89. The van der Waals surface area contributed by atoms with Crippen molar-refractivity contribution in [3.63, 3.8) is 0 Å². The smallest absolute Gasteiger partial charge is 0.331 e. The van der Waals surface area contributed by atoms with Crippen LogP contribution in [0.25, 0.3) is 6.08 Å². The predicted octanol–water partition coefficient (Wildman–Crippen LogP) is 3.53. The first kappa shape index (κ1) is 17.6. The molecule has 0 spiro atoms. The van der Waals surface area contributed by atoms with E-state index in [1.807, 2.05) is 17.5 Å². The number of carbonyl (C=O) groups excluding carboxylic acids is 3. The van der Waals surface area contributed by atoms with Gasteiger partial charge in [0.1, 0.15) is 0 Å². The summed E-state index contributed by atoms with van der Waals surface area (Å²) >= 11 is 1.49. The van der Waals surface area contributed by atoms with Crippen molar-refractivity contribution in [2.45, 2.75) is 20.0 Å². The Hall–Kier alpha value is -2.73. The molecule has 0 saturated carbocycles. The van der Waals surface area contributed by atoms with E-state index in [1.54, 1.807) is 30.3 Å². The molecule has 1 aromatic carbocycles. The van der Waals surface area contributed by atoms with Gasteiger partial charge in [-0.15, -0.1) is 11.3 Å². The third-order valence-electron chi connectivity index (χ3n) is 3.15. The van der Waals surface area contributed by atoms with Gasteiger partial charge in [-0.25, -0.2) is 4.79 Å². The van der Waals surface area contributed by atoms with Crippen molar-refractivity contribution in [2.75, 3.05) is 5.32 Å². The summed E-state index contributed by atoms with van der Waals surface area (Å²) in [5.74, 6) is -1.26. The number of thiophene rings is 1. The lowest BCUT2D eigenvalue weighted by Gasteiger charge is -2.14. The van der Waals surface area contributed by atoms with Crippen LogP contribution in [-0.2, 0) is 14.3 Å². The van der Waals surface area contributed by atoms with Gasteiger partial charge < -0.3 is 10.1 Å². The number of para-hydroxylation sites is 1. The summed E-state index contributed by atoms with van der Waals surface area (Å²) in [6, 6.07) is 10.4. The number of ketones is 1. The lowest BCUT2D eigenvalue weighted by atomic mass is 10.1. The lowest BCUT2D eigenvalue weighted by Crippen LogP contribution is -2.30. The van der Waals surface area contributed by atoms with Gasteiger partial charge in [0, 0.05) is 16.5 Å². The number of hydrogen-bond donors (Lipinski definition) is 1. The first-order chi connectivity index (χ1) is 11.5. The van der Waals surface area contributed by atoms with Crippen molar-refractivity contribution in [1.82, 2.24) is 0 Å². The largest absolute Gasteiger partial charge is 0.449 e. The zero-order valence-corrected chi connectivity index (χ0v) is 14.1. The number of ether oxygens (including phenoxy) is 1. The Morgan fingerprint density at radius 1 is 1.17 bits per heavy atom. The number of rotatable bonds is 6. The van der Waals surface area contributed by atoms with Gasteiger partial charge in [-0.2, -0.15) is 0 Å². The second-order valence-corrected chi connectivity index (χ2v) is 6.00. The highest BCUT2D eigenvalue weighted by Gasteiger charge is 2.18. The molecular weight excluding hydrogens is 326 g/mol. The van der Waals surface area contributed by atoms with Gasteiger partial charge in [0.2, 0.25) is 0 Å². The summed E-state index contributed by atoms with van der Waals surface area (Å²) in [5, 5.41) is 4.50. The van der Waals surface area contributed by atoms with Crippen LogP contribution in [0.2, 0.25) is 0 Å². The normalized spacial score (nSPS) is 11.9. The highest BCUT2D eigenvalue weighted by Crippen LogP contribution is 2.16. The molecule has 0 unspecified atom stereocenters. The summed E-state index contributed by atoms with van der Waals surface area (Å²) in [7, 11) is 0. The molecule has 0 bridgehead atoms. The average Bonchev–Trinajstić information content (AvgIpc) is 3.06. The third-order valence-corrected chi connectivity index (χ3v) is 3.99. The van der Waals surface area contributed by atoms with Crippen LogP contribution < -0.4 is 5.32 Å². The number of carbonyl (C=O) groups is 3. The fourth-order valence-corrected chi connectivity index (χ4v) is 2.55. The summed E-state index contributed by atoms with van der Waals surface area (Å²) in [6.07, 6.45) is 1.92. The fourth-order valence-electron chi connectivity index (χ4n) is 1.94. The molecule has 2 rings (SSSR count). The first-order valence-corrected chi connectivity index (χ1v) is 8.18. The molecule has 1 amide bonds. The molecule has 0 aliphatic rings. The number of Topliss-reactive ketones (excluding diaryl/α,β-unsaturated/α-hetero) is 1. The molecule has 0 radical (unpaired) electrons.